The Morgan fingerprint density at radius 2 is 2.00 bits per heavy atom. The highest BCUT2D eigenvalue weighted by Crippen LogP contribution is 2.55. The molecule has 3 aliphatic heterocycles. The number of esters is 2. The molecule has 4 aliphatic rings. The second-order valence-corrected chi connectivity index (χ2v) is 8.16. The van der Waals surface area contributed by atoms with Gasteiger partial charge in [0.05, 0.1) is 23.2 Å². The van der Waals surface area contributed by atoms with Gasteiger partial charge in [0.1, 0.15) is 18.3 Å². The quantitative estimate of drug-likeness (QED) is 0.432. The molecule has 3 heterocycles. The Bertz CT molecular complexity index is 683. The van der Waals surface area contributed by atoms with Crippen molar-refractivity contribution in [3.05, 3.63) is 24.3 Å². The maximum absolute atomic E-state index is 12.2. The number of carbonyl (C=O) groups is 2. The van der Waals surface area contributed by atoms with E-state index in [1.165, 1.54) is 0 Å². The number of hydrogen-bond acceptors (Lipinski definition) is 6. The summed E-state index contributed by atoms with van der Waals surface area (Å²) in [5.74, 6) is -1.35. The third-order valence-corrected chi connectivity index (χ3v) is 6.05. The molecule has 4 rings (SSSR count). The van der Waals surface area contributed by atoms with Gasteiger partial charge in [0.15, 0.2) is 0 Å². The summed E-state index contributed by atoms with van der Waals surface area (Å²) in [7, 11) is 0. The number of hydrogen-bond donors (Lipinski definition) is 0. The van der Waals surface area contributed by atoms with Crippen LogP contribution < -0.4 is 0 Å². The highest BCUT2D eigenvalue weighted by atomic mass is 16.7. The van der Waals surface area contributed by atoms with Gasteiger partial charge in [0.25, 0.3) is 0 Å². The van der Waals surface area contributed by atoms with Crippen LogP contribution in [0.25, 0.3) is 0 Å². The molecule has 0 aromatic carbocycles. The number of epoxide rings is 2. The first-order valence-corrected chi connectivity index (χ1v) is 8.76. The second-order valence-electron chi connectivity index (χ2n) is 8.16. The molecule has 0 aromatic heterocycles. The van der Waals surface area contributed by atoms with E-state index in [1.807, 2.05) is 13.8 Å². The Kier molecular flexibility index (Phi) is 3.48. The van der Waals surface area contributed by atoms with Gasteiger partial charge in [-0.1, -0.05) is 13.2 Å². The first-order chi connectivity index (χ1) is 11.6. The van der Waals surface area contributed by atoms with E-state index >= 15 is 0 Å². The van der Waals surface area contributed by atoms with Gasteiger partial charge in [-0.05, 0) is 33.6 Å². The largest absolute Gasteiger partial charge is 0.458 e. The lowest BCUT2D eigenvalue weighted by Crippen LogP contribution is -2.41. The van der Waals surface area contributed by atoms with Crippen molar-refractivity contribution in [1.82, 2.24) is 0 Å². The van der Waals surface area contributed by atoms with Gasteiger partial charge in [-0.25, -0.2) is 9.59 Å². The first-order valence-electron chi connectivity index (χ1n) is 8.76. The predicted molar refractivity (Wildman–Crippen MR) is 87.6 cm³/mol. The van der Waals surface area contributed by atoms with E-state index in [0.717, 1.165) is 12.8 Å². The molecule has 0 N–H and O–H groups in total. The van der Waals surface area contributed by atoms with Gasteiger partial charge in [-0.2, -0.15) is 0 Å². The van der Waals surface area contributed by atoms with Gasteiger partial charge in [0.2, 0.25) is 0 Å². The van der Waals surface area contributed by atoms with Crippen molar-refractivity contribution >= 4 is 11.9 Å². The lowest BCUT2D eigenvalue weighted by molar-refractivity contribution is -0.149. The fourth-order valence-electron chi connectivity index (χ4n) is 4.30. The molecule has 0 radical (unpaired) electrons. The van der Waals surface area contributed by atoms with E-state index in [9.17, 15) is 9.59 Å². The minimum Gasteiger partial charge on any atom is -0.458 e. The fourth-order valence-corrected chi connectivity index (χ4v) is 4.30. The SMILES string of the molecule is C=C(C)C(=O)O[C@H]1C[C@@]2(C)O[C@@H]2CC[C@@]2(C)O[C@@H]2[C@H]2OC(=O)C(=C)[C@@H]21. The maximum atomic E-state index is 12.2. The Labute approximate surface area is 147 Å². The molecule has 1 saturated carbocycles. The van der Waals surface area contributed by atoms with Crippen LogP contribution in [0.2, 0.25) is 0 Å². The van der Waals surface area contributed by atoms with Crippen molar-refractivity contribution in [2.24, 2.45) is 5.92 Å². The molecule has 0 spiro atoms. The van der Waals surface area contributed by atoms with Crippen molar-refractivity contribution in [3.8, 4) is 0 Å². The summed E-state index contributed by atoms with van der Waals surface area (Å²) < 4.78 is 23.1. The van der Waals surface area contributed by atoms with E-state index in [2.05, 4.69) is 13.2 Å². The molecular weight excluding hydrogens is 324 g/mol. The normalized spacial score (nSPS) is 47.7. The fraction of sp³-hybridized carbons (Fsp3) is 0.684. The average Bonchev–Trinajstić information content (AvgIpc) is 3.35. The van der Waals surface area contributed by atoms with E-state index < -0.39 is 30.1 Å². The summed E-state index contributed by atoms with van der Waals surface area (Å²) in [4.78, 5) is 24.3. The van der Waals surface area contributed by atoms with Gasteiger partial charge in [-0.15, -0.1) is 0 Å². The zero-order valence-electron chi connectivity index (χ0n) is 14.9. The van der Waals surface area contributed by atoms with Gasteiger partial charge >= 0.3 is 11.9 Å². The monoisotopic (exact) mass is 348 g/mol. The number of carbonyl (C=O) groups excluding carboxylic acids is 2. The average molecular weight is 348 g/mol. The summed E-state index contributed by atoms with van der Waals surface area (Å²) in [6.45, 7) is 13.2. The molecule has 6 nitrogen and oxygen atoms in total. The van der Waals surface area contributed by atoms with Crippen LogP contribution >= 0.6 is 0 Å². The van der Waals surface area contributed by atoms with Crippen LogP contribution in [0.1, 0.15) is 40.0 Å². The van der Waals surface area contributed by atoms with Crippen molar-refractivity contribution in [2.45, 2.75) is 75.7 Å². The molecule has 136 valence electrons. The highest BCUT2D eigenvalue weighted by Gasteiger charge is 2.66. The number of fused-ring (bicyclic) bond motifs is 4. The van der Waals surface area contributed by atoms with Crippen molar-refractivity contribution < 1.29 is 28.5 Å². The van der Waals surface area contributed by atoms with Gasteiger partial charge in [-0.3, -0.25) is 0 Å². The molecule has 3 saturated heterocycles. The minimum absolute atomic E-state index is 0.114. The van der Waals surface area contributed by atoms with Gasteiger partial charge < -0.3 is 18.9 Å². The molecule has 25 heavy (non-hydrogen) atoms. The van der Waals surface area contributed by atoms with Crippen LogP contribution in [-0.4, -0.2) is 47.6 Å². The second kappa shape index (κ2) is 5.17. The minimum atomic E-state index is -0.560. The third kappa shape index (κ3) is 2.62. The smallest absolute Gasteiger partial charge is 0.334 e. The van der Waals surface area contributed by atoms with Crippen molar-refractivity contribution in [2.75, 3.05) is 0 Å². The van der Waals surface area contributed by atoms with Crippen LogP contribution in [0.5, 0.6) is 0 Å². The molecule has 6 heteroatoms. The molecule has 1 aliphatic carbocycles. The third-order valence-electron chi connectivity index (χ3n) is 6.05. The van der Waals surface area contributed by atoms with Crippen LogP contribution in [0, 0.1) is 5.92 Å². The Morgan fingerprint density at radius 1 is 1.28 bits per heavy atom. The Morgan fingerprint density at radius 3 is 2.68 bits per heavy atom. The number of ether oxygens (including phenoxy) is 4. The van der Waals surface area contributed by atoms with E-state index in [4.69, 9.17) is 18.9 Å². The van der Waals surface area contributed by atoms with Crippen molar-refractivity contribution in [1.29, 1.82) is 0 Å². The topological polar surface area (TPSA) is 77.7 Å². The molecule has 0 amide bonds. The molecule has 7 atom stereocenters. The maximum Gasteiger partial charge on any atom is 0.334 e. The summed E-state index contributed by atoms with van der Waals surface area (Å²) in [6.07, 6.45) is 1.09. The van der Waals surface area contributed by atoms with Crippen LogP contribution in [0.3, 0.4) is 0 Å². The molecule has 0 unspecified atom stereocenters. The van der Waals surface area contributed by atoms with Crippen LogP contribution in [0.15, 0.2) is 24.3 Å². The molecule has 4 fully saturated rings. The summed E-state index contributed by atoms with van der Waals surface area (Å²) in [5, 5.41) is 0. The van der Waals surface area contributed by atoms with E-state index in [1.54, 1.807) is 6.92 Å². The predicted octanol–water partition coefficient (Wildman–Crippen LogP) is 2.07. The number of rotatable bonds is 2. The first kappa shape index (κ1) is 16.8. The molecule has 0 aromatic rings. The molecular formula is C19H24O6. The zero-order chi connectivity index (χ0) is 18.1. The van der Waals surface area contributed by atoms with Gasteiger partial charge in [0, 0.05) is 17.6 Å². The summed E-state index contributed by atoms with van der Waals surface area (Å²) >= 11 is 0. The van der Waals surface area contributed by atoms with E-state index in [-0.39, 0.29) is 23.4 Å². The van der Waals surface area contributed by atoms with Crippen molar-refractivity contribution in [3.63, 3.8) is 0 Å². The van der Waals surface area contributed by atoms with E-state index in [0.29, 0.717) is 17.6 Å². The zero-order valence-corrected chi connectivity index (χ0v) is 14.9. The standard InChI is InChI=1S/C19H24O6/c1-9(2)16(20)22-11-8-19(5)12(24-19)6-7-18(4)15(25-18)14-13(11)10(3)17(21)23-14/h11-15H,1,3,6-8H2,2,4-5H3/t11-,12+,13+,14-,15+,18+,19+/m0/s1. The van der Waals surface area contributed by atoms with Crippen LogP contribution in [0.4, 0.5) is 0 Å². The molecule has 0 bridgehead atoms. The summed E-state index contributed by atoms with van der Waals surface area (Å²) in [6, 6.07) is 0. The highest BCUT2D eigenvalue weighted by molar-refractivity contribution is 5.91. The summed E-state index contributed by atoms with van der Waals surface area (Å²) in [5.41, 5.74) is -0.0469. The van der Waals surface area contributed by atoms with Crippen LogP contribution in [-0.2, 0) is 28.5 Å². The lowest BCUT2D eigenvalue weighted by Gasteiger charge is -2.29. The Hall–Kier alpha value is -1.66. The Balaban J connectivity index is 1.68. The lowest BCUT2D eigenvalue weighted by atomic mass is 9.79.